The molecule has 0 amide bonds. The number of hydrogen-bond acceptors (Lipinski definition) is 6. The highest BCUT2D eigenvalue weighted by Crippen LogP contribution is 2.41. The molecule has 0 radical (unpaired) electrons. The molecule has 3 rings (SSSR count). The number of aryl methyl sites for hydroxylation is 1. The van der Waals surface area contributed by atoms with Crippen LogP contribution in [-0.4, -0.2) is 46.8 Å². The second-order valence-electron chi connectivity index (χ2n) is 5.71. The molecular weight excluding hydrogens is 286 g/mol. The summed E-state index contributed by atoms with van der Waals surface area (Å²) in [7, 11) is 0. The summed E-state index contributed by atoms with van der Waals surface area (Å²) in [4.78, 5) is 8.85. The molecule has 1 aromatic heterocycles. The molecule has 2 unspecified atom stereocenters. The van der Waals surface area contributed by atoms with E-state index in [-0.39, 0.29) is 5.79 Å². The number of aromatic nitrogens is 2. The predicted molar refractivity (Wildman–Crippen MR) is 82.4 cm³/mol. The van der Waals surface area contributed by atoms with Gasteiger partial charge in [-0.25, -0.2) is 9.97 Å². The van der Waals surface area contributed by atoms with Crippen LogP contribution in [0.2, 0.25) is 0 Å². The topological polar surface area (TPSA) is 56.3 Å². The molecule has 21 heavy (non-hydrogen) atoms. The van der Waals surface area contributed by atoms with Crippen LogP contribution in [-0.2, 0) is 9.47 Å². The standard InChI is InChI=1S/C15H23N3O2S/c1-3-16-12-4-5-15(19-6-7-20-15)8-13(12)21-14-17-9-11(2)10-18-14/h9-10,12-13,16H,3-8H2,1-2H3. The van der Waals surface area contributed by atoms with Gasteiger partial charge in [-0.1, -0.05) is 18.7 Å². The van der Waals surface area contributed by atoms with Gasteiger partial charge in [-0.2, -0.15) is 0 Å². The van der Waals surface area contributed by atoms with E-state index in [1.165, 1.54) is 0 Å². The Bertz CT molecular complexity index is 462. The number of thioether (sulfide) groups is 1. The zero-order valence-electron chi connectivity index (χ0n) is 12.7. The fraction of sp³-hybridized carbons (Fsp3) is 0.733. The molecular formula is C15H23N3O2S. The summed E-state index contributed by atoms with van der Waals surface area (Å²) in [6, 6.07) is 0.461. The van der Waals surface area contributed by atoms with E-state index < -0.39 is 0 Å². The molecule has 1 aliphatic carbocycles. The SMILES string of the molecule is CCNC1CCC2(CC1Sc1ncc(C)cn1)OCCO2. The van der Waals surface area contributed by atoms with Crippen LogP contribution in [0.4, 0.5) is 0 Å². The van der Waals surface area contributed by atoms with E-state index in [9.17, 15) is 0 Å². The van der Waals surface area contributed by atoms with E-state index in [1.54, 1.807) is 11.8 Å². The maximum absolute atomic E-state index is 5.89. The van der Waals surface area contributed by atoms with Gasteiger partial charge in [0.15, 0.2) is 10.9 Å². The number of hydrogen-bond donors (Lipinski definition) is 1. The minimum atomic E-state index is -0.367. The van der Waals surface area contributed by atoms with Crippen molar-refractivity contribution in [2.45, 2.75) is 55.3 Å². The highest BCUT2D eigenvalue weighted by Gasteiger charge is 2.45. The lowest BCUT2D eigenvalue weighted by atomic mass is 9.89. The van der Waals surface area contributed by atoms with Crippen LogP contribution >= 0.6 is 11.8 Å². The van der Waals surface area contributed by atoms with Crippen LogP contribution < -0.4 is 5.32 Å². The summed E-state index contributed by atoms with van der Waals surface area (Å²) in [5, 5.41) is 4.80. The molecule has 5 nitrogen and oxygen atoms in total. The Morgan fingerprint density at radius 3 is 2.71 bits per heavy atom. The average molecular weight is 309 g/mol. The molecule has 1 saturated carbocycles. The third-order valence-electron chi connectivity index (χ3n) is 4.09. The van der Waals surface area contributed by atoms with Gasteiger partial charge in [0.1, 0.15) is 0 Å². The molecule has 2 atom stereocenters. The molecule has 0 aromatic carbocycles. The largest absolute Gasteiger partial charge is 0.347 e. The second-order valence-corrected chi connectivity index (χ2v) is 6.92. The van der Waals surface area contributed by atoms with Crippen molar-refractivity contribution in [3.63, 3.8) is 0 Å². The van der Waals surface area contributed by atoms with Gasteiger partial charge in [0.2, 0.25) is 0 Å². The van der Waals surface area contributed by atoms with Crippen LogP contribution in [0.15, 0.2) is 17.6 Å². The highest BCUT2D eigenvalue weighted by molar-refractivity contribution is 7.99. The van der Waals surface area contributed by atoms with Gasteiger partial charge in [-0.15, -0.1) is 0 Å². The van der Waals surface area contributed by atoms with Crippen LogP contribution in [0.1, 0.15) is 31.7 Å². The Balaban J connectivity index is 1.72. The van der Waals surface area contributed by atoms with E-state index in [1.807, 2.05) is 19.3 Å². The Morgan fingerprint density at radius 1 is 1.33 bits per heavy atom. The van der Waals surface area contributed by atoms with Gasteiger partial charge in [0.25, 0.3) is 0 Å². The lowest BCUT2D eigenvalue weighted by molar-refractivity contribution is -0.178. The van der Waals surface area contributed by atoms with Crippen molar-refractivity contribution in [2.75, 3.05) is 19.8 Å². The first kappa shape index (κ1) is 15.2. The van der Waals surface area contributed by atoms with E-state index in [0.29, 0.717) is 24.5 Å². The van der Waals surface area contributed by atoms with Gasteiger partial charge in [-0.3, -0.25) is 0 Å². The molecule has 0 bridgehead atoms. The normalized spacial score (nSPS) is 28.1. The zero-order chi connectivity index (χ0) is 14.7. The van der Waals surface area contributed by atoms with Crippen LogP contribution in [0, 0.1) is 6.92 Å². The number of nitrogens with one attached hydrogen (secondary N) is 1. The zero-order valence-corrected chi connectivity index (χ0v) is 13.5. The van der Waals surface area contributed by atoms with Gasteiger partial charge in [0, 0.05) is 36.5 Å². The van der Waals surface area contributed by atoms with Gasteiger partial charge >= 0.3 is 0 Å². The van der Waals surface area contributed by atoms with Crippen molar-refractivity contribution in [3.05, 3.63) is 18.0 Å². The van der Waals surface area contributed by atoms with Crippen molar-refractivity contribution in [3.8, 4) is 0 Å². The highest BCUT2D eigenvalue weighted by atomic mass is 32.2. The quantitative estimate of drug-likeness (QED) is 0.860. The molecule has 2 aliphatic rings. The van der Waals surface area contributed by atoms with Crippen LogP contribution in [0.3, 0.4) is 0 Å². The summed E-state index contributed by atoms with van der Waals surface area (Å²) >= 11 is 1.74. The number of ether oxygens (including phenoxy) is 2. The first-order chi connectivity index (χ1) is 10.2. The molecule has 116 valence electrons. The van der Waals surface area contributed by atoms with E-state index in [4.69, 9.17) is 9.47 Å². The van der Waals surface area contributed by atoms with E-state index >= 15 is 0 Å². The maximum Gasteiger partial charge on any atom is 0.187 e. The fourth-order valence-corrected chi connectivity index (χ4v) is 4.30. The van der Waals surface area contributed by atoms with Crippen molar-refractivity contribution in [1.29, 1.82) is 0 Å². The molecule has 1 N–H and O–H groups in total. The Hall–Kier alpha value is -0.690. The Kier molecular flexibility index (Phi) is 4.78. The number of nitrogens with zero attached hydrogens (tertiary/aromatic N) is 2. The summed E-state index contributed by atoms with van der Waals surface area (Å²) in [6.07, 6.45) is 6.68. The summed E-state index contributed by atoms with van der Waals surface area (Å²) in [5.74, 6) is -0.367. The van der Waals surface area contributed by atoms with E-state index in [0.717, 1.165) is 36.5 Å². The van der Waals surface area contributed by atoms with Gasteiger partial charge < -0.3 is 14.8 Å². The van der Waals surface area contributed by atoms with E-state index in [2.05, 4.69) is 22.2 Å². The monoisotopic (exact) mass is 309 g/mol. The molecule has 1 spiro atoms. The summed E-state index contributed by atoms with van der Waals surface area (Å²) in [6.45, 7) is 6.56. The first-order valence-electron chi connectivity index (χ1n) is 7.67. The Labute approximate surface area is 130 Å². The molecule has 1 aliphatic heterocycles. The molecule has 6 heteroatoms. The van der Waals surface area contributed by atoms with Crippen LogP contribution in [0.25, 0.3) is 0 Å². The third-order valence-corrected chi connectivity index (χ3v) is 5.31. The van der Waals surface area contributed by atoms with Crippen molar-refractivity contribution in [1.82, 2.24) is 15.3 Å². The molecule has 1 saturated heterocycles. The predicted octanol–water partition coefficient (Wildman–Crippen LogP) is 2.15. The van der Waals surface area contributed by atoms with Crippen molar-refractivity contribution >= 4 is 11.8 Å². The minimum absolute atomic E-state index is 0.367. The average Bonchev–Trinajstić information content (AvgIpc) is 2.93. The minimum Gasteiger partial charge on any atom is -0.347 e. The lowest BCUT2D eigenvalue weighted by Gasteiger charge is -2.40. The first-order valence-corrected chi connectivity index (χ1v) is 8.55. The van der Waals surface area contributed by atoms with Gasteiger partial charge in [-0.05, 0) is 25.5 Å². The Morgan fingerprint density at radius 2 is 2.05 bits per heavy atom. The summed E-state index contributed by atoms with van der Waals surface area (Å²) < 4.78 is 11.8. The second kappa shape index (κ2) is 6.60. The van der Waals surface area contributed by atoms with Crippen LogP contribution in [0.5, 0.6) is 0 Å². The van der Waals surface area contributed by atoms with Crippen molar-refractivity contribution in [2.24, 2.45) is 0 Å². The third kappa shape index (κ3) is 3.56. The lowest BCUT2D eigenvalue weighted by Crippen LogP contribution is -2.49. The maximum atomic E-state index is 5.89. The van der Waals surface area contributed by atoms with Gasteiger partial charge in [0.05, 0.1) is 13.2 Å². The summed E-state index contributed by atoms with van der Waals surface area (Å²) in [5.41, 5.74) is 1.09. The molecule has 2 heterocycles. The molecule has 2 fully saturated rings. The number of rotatable bonds is 4. The van der Waals surface area contributed by atoms with Crippen molar-refractivity contribution < 1.29 is 9.47 Å². The molecule has 1 aromatic rings. The fourth-order valence-electron chi connectivity index (χ4n) is 3.07. The smallest absolute Gasteiger partial charge is 0.187 e.